The van der Waals surface area contributed by atoms with Crippen LogP contribution in [0.2, 0.25) is 0 Å². The van der Waals surface area contributed by atoms with E-state index >= 15 is 4.39 Å². The molecule has 1 aliphatic rings. The highest BCUT2D eigenvalue weighted by atomic mass is 19.1. The fraction of sp³-hybridized carbons (Fsp3) is 0.471. The number of halogens is 1. The minimum Gasteiger partial charge on any atom is -0.508 e. The van der Waals surface area contributed by atoms with E-state index in [4.69, 9.17) is 18.9 Å². The Morgan fingerprint density at radius 2 is 1.71 bits per heavy atom. The van der Waals surface area contributed by atoms with Gasteiger partial charge in [0.15, 0.2) is 23.1 Å². The van der Waals surface area contributed by atoms with Crippen molar-refractivity contribution < 1.29 is 28.4 Å². The normalized spacial score (nSPS) is 14.4. The summed E-state index contributed by atoms with van der Waals surface area (Å²) in [6, 6.07) is 15.0. The summed E-state index contributed by atoms with van der Waals surface area (Å²) < 4.78 is 37.2. The number of rotatable bonds is 16. The van der Waals surface area contributed by atoms with Crippen molar-refractivity contribution in [3.8, 4) is 23.0 Å². The molecule has 228 valence electrons. The van der Waals surface area contributed by atoms with Gasteiger partial charge in [0.05, 0.1) is 14.2 Å². The first-order valence-corrected chi connectivity index (χ1v) is 14.9. The summed E-state index contributed by atoms with van der Waals surface area (Å²) in [5.74, 6) is 1.85. The highest BCUT2D eigenvalue weighted by Gasteiger charge is 2.26. The van der Waals surface area contributed by atoms with Crippen LogP contribution in [0, 0.1) is 5.82 Å². The molecule has 1 unspecified atom stereocenters. The zero-order valence-corrected chi connectivity index (χ0v) is 25.4. The van der Waals surface area contributed by atoms with Gasteiger partial charge in [0.2, 0.25) is 0 Å². The predicted molar refractivity (Wildman–Crippen MR) is 165 cm³/mol. The van der Waals surface area contributed by atoms with Gasteiger partial charge in [-0.3, -0.25) is 0 Å². The maximum Gasteiger partial charge on any atom is 0.165 e. The van der Waals surface area contributed by atoms with Gasteiger partial charge in [0.1, 0.15) is 12.4 Å². The van der Waals surface area contributed by atoms with Crippen molar-refractivity contribution >= 4 is 5.69 Å². The van der Waals surface area contributed by atoms with E-state index in [1.54, 1.807) is 39.5 Å². The topological polar surface area (TPSA) is 72.4 Å². The fourth-order valence-corrected chi connectivity index (χ4v) is 5.69. The summed E-state index contributed by atoms with van der Waals surface area (Å²) in [5, 5.41) is 13.3. The van der Waals surface area contributed by atoms with Crippen LogP contribution in [0.1, 0.15) is 54.4 Å². The number of methoxy groups -OCH3 is 3. The third-order valence-corrected chi connectivity index (χ3v) is 7.97. The fourth-order valence-electron chi connectivity index (χ4n) is 5.69. The van der Waals surface area contributed by atoms with E-state index < -0.39 is 0 Å². The molecule has 3 aromatic carbocycles. The number of phenols is 1. The largest absolute Gasteiger partial charge is 0.508 e. The molecule has 7 nitrogen and oxygen atoms in total. The van der Waals surface area contributed by atoms with Crippen molar-refractivity contribution in [2.24, 2.45) is 0 Å². The van der Waals surface area contributed by atoms with Gasteiger partial charge in [0.25, 0.3) is 0 Å². The molecule has 0 fully saturated rings. The number of ether oxygens (including phenoxy) is 4. The van der Waals surface area contributed by atoms with Crippen LogP contribution in [0.15, 0.2) is 48.5 Å². The maximum atomic E-state index is 15.0. The predicted octanol–water partition coefficient (Wildman–Crippen LogP) is 6.24. The van der Waals surface area contributed by atoms with E-state index in [-0.39, 0.29) is 17.5 Å². The van der Waals surface area contributed by atoms with Crippen LogP contribution in [-0.4, -0.2) is 59.3 Å². The first-order valence-electron chi connectivity index (χ1n) is 14.9. The second-order valence-electron chi connectivity index (χ2n) is 10.7. The van der Waals surface area contributed by atoms with Crippen molar-refractivity contribution in [1.82, 2.24) is 5.32 Å². The average molecular weight is 581 g/mol. The summed E-state index contributed by atoms with van der Waals surface area (Å²) in [4.78, 5) is 2.26. The monoisotopic (exact) mass is 580 g/mol. The SMILES string of the molecule is CCN(Cc1ccc(OCCNCCCCOC)c(F)c1)c1cc(OC)c(OC)cc1C1CCc2cc(O)ccc2C1. The second kappa shape index (κ2) is 15.7. The number of phenolic OH excluding ortho intramolecular Hbond substituents is 1. The van der Waals surface area contributed by atoms with Gasteiger partial charge in [0, 0.05) is 45.1 Å². The van der Waals surface area contributed by atoms with E-state index in [1.165, 1.54) is 16.7 Å². The van der Waals surface area contributed by atoms with E-state index in [2.05, 4.69) is 23.2 Å². The zero-order chi connectivity index (χ0) is 29.9. The standard InChI is InChI=1S/C34H45FN2O5/c1-5-37(23-24-8-13-32(30(35)18-24)42-17-15-36-14-6-7-16-39-2)31-22-34(41-4)33(40-3)21-29(31)27-10-9-26-20-28(38)12-11-25(26)19-27/h8,11-13,18,20-22,27,36,38H,5-7,9-10,14-17,19,23H2,1-4H3. The van der Waals surface area contributed by atoms with Crippen LogP contribution < -0.4 is 24.4 Å². The Morgan fingerprint density at radius 1 is 0.905 bits per heavy atom. The van der Waals surface area contributed by atoms with Gasteiger partial charge in [-0.25, -0.2) is 4.39 Å². The van der Waals surface area contributed by atoms with E-state index in [0.717, 1.165) is 63.1 Å². The van der Waals surface area contributed by atoms with Crippen molar-refractivity contribution in [2.45, 2.75) is 51.5 Å². The van der Waals surface area contributed by atoms with Crippen LogP contribution in [0.3, 0.4) is 0 Å². The Balaban J connectivity index is 1.48. The Bertz CT molecular complexity index is 1300. The van der Waals surface area contributed by atoms with Crippen LogP contribution >= 0.6 is 0 Å². The van der Waals surface area contributed by atoms with Crippen LogP contribution in [0.4, 0.5) is 10.1 Å². The van der Waals surface area contributed by atoms with Crippen LogP contribution in [0.25, 0.3) is 0 Å². The average Bonchev–Trinajstić information content (AvgIpc) is 3.01. The Hall–Kier alpha value is -3.49. The van der Waals surface area contributed by atoms with E-state index in [0.29, 0.717) is 36.9 Å². The first kappa shape index (κ1) is 31.4. The van der Waals surface area contributed by atoms with Crippen molar-refractivity contribution in [3.05, 3.63) is 76.6 Å². The molecule has 2 N–H and O–H groups in total. The maximum absolute atomic E-state index is 15.0. The molecule has 1 aliphatic carbocycles. The van der Waals surface area contributed by atoms with Crippen LogP contribution in [-0.2, 0) is 24.1 Å². The summed E-state index contributed by atoms with van der Waals surface area (Å²) in [7, 11) is 5.01. The molecule has 0 aromatic heterocycles. The molecule has 0 spiro atoms. The molecule has 0 bridgehead atoms. The molecule has 0 heterocycles. The minimum absolute atomic E-state index is 0.265. The lowest BCUT2D eigenvalue weighted by molar-refractivity contribution is 0.192. The summed E-state index contributed by atoms with van der Waals surface area (Å²) in [6.07, 6.45) is 4.77. The molecule has 3 aromatic rings. The summed E-state index contributed by atoms with van der Waals surface area (Å²) in [5.41, 5.74) is 5.56. The number of hydrogen-bond donors (Lipinski definition) is 2. The van der Waals surface area contributed by atoms with Gasteiger partial charge < -0.3 is 34.3 Å². The lowest BCUT2D eigenvalue weighted by Crippen LogP contribution is -2.25. The number of aryl methyl sites for hydroxylation is 1. The third kappa shape index (κ3) is 8.07. The highest BCUT2D eigenvalue weighted by Crippen LogP contribution is 2.43. The molecule has 0 saturated carbocycles. The Labute approximate surface area is 249 Å². The lowest BCUT2D eigenvalue weighted by atomic mass is 9.79. The van der Waals surface area contributed by atoms with Gasteiger partial charge >= 0.3 is 0 Å². The third-order valence-electron chi connectivity index (χ3n) is 7.97. The van der Waals surface area contributed by atoms with Crippen molar-refractivity contribution in [1.29, 1.82) is 0 Å². The summed E-state index contributed by atoms with van der Waals surface area (Å²) in [6.45, 7) is 6.09. The van der Waals surface area contributed by atoms with Gasteiger partial charge in [-0.15, -0.1) is 0 Å². The number of nitrogens with one attached hydrogen (secondary N) is 1. The number of anilines is 1. The number of nitrogens with zero attached hydrogens (tertiary/aromatic N) is 1. The molecule has 0 radical (unpaired) electrons. The van der Waals surface area contributed by atoms with E-state index in [1.807, 2.05) is 24.3 Å². The molecule has 1 atom stereocenters. The minimum atomic E-state index is -0.358. The number of fused-ring (bicyclic) bond motifs is 1. The molecular formula is C34H45FN2O5. The number of aromatic hydroxyl groups is 1. The van der Waals surface area contributed by atoms with Gasteiger partial charge in [-0.05, 0) is 104 Å². The molecule has 8 heteroatoms. The Kier molecular flexibility index (Phi) is 11.7. The lowest BCUT2D eigenvalue weighted by Gasteiger charge is -2.32. The molecule has 4 rings (SSSR count). The molecule has 0 aliphatic heterocycles. The van der Waals surface area contributed by atoms with Crippen molar-refractivity contribution in [3.63, 3.8) is 0 Å². The smallest absolute Gasteiger partial charge is 0.165 e. The summed E-state index contributed by atoms with van der Waals surface area (Å²) >= 11 is 0. The molecular weight excluding hydrogens is 535 g/mol. The molecule has 42 heavy (non-hydrogen) atoms. The second-order valence-corrected chi connectivity index (χ2v) is 10.7. The Morgan fingerprint density at radius 3 is 2.45 bits per heavy atom. The number of hydrogen-bond acceptors (Lipinski definition) is 7. The number of unbranched alkanes of at least 4 members (excludes halogenated alkanes) is 1. The van der Waals surface area contributed by atoms with Gasteiger partial charge in [-0.2, -0.15) is 0 Å². The molecule has 0 saturated heterocycles. The van der Waals surface area contributed by atoms with Crippen molar-refractivity contribution in [2.75, 3.05) is 59.1 Å². The first-order chi connectivity index (χ1) is 20.5. The highest BCUT2D eigenvalue weighted by molar-refractivity contribution is 5.64. The van der Waals surface area contributed by atoms with Gasteiger partial charge in [-0.1, -0.05) is 12.1 Å². The molecule has 0 amide bonds. The number of benzene rings is 3. The van der Waals surface area contributed by atoms with E-state index in [9.17, 15) is 5.11 Å². The quantitative estimate of drug-likeness (QED) is 0.194. The zero-order valence-electron chi connectivity index (χ0n) is 25.4. The van der Waals surface area contributed by atoms with Crippen LogP contribution in [0.5, 0.6) is 23.0 Å².